The van der Waals surface area contributed by atoms with Crippen molar-refractivity contribution in [1.29, 1.82) is 0 Å². The number of rotatable bonds is 4. The molecule has 1 aromatic carbocycles. The second-order valence-corrected chi connectivity index (χ2v) is 5.57. The maximum absolute atomic E-state index is 12.5. The summed E-state index contributed by atoms with van der Waals surface area (Å²) in [6.45, 7) is 3.62. The molecular formula is C16H18F3N3O. The number of carbonyl (C=O) groups excluding carboxylic acids is 1. The molecule has 0 radical (unpaired) electrons. The van der Waals surface area contributed by atoms with Crippen molar-refractivity contribution in [2.75, 3.05) is 5.32 Å². The standard InChI is InChI=1S/C16H18F3N3O/c1-10(12-4-6-13(7-5-12)16(17,18)19)8-15(23)20-14-9-11(2)21-22(14)3/h4-7,9-10H,8H2,1-3H3,(H,20,23). The molecule has 1 atom stereocenters. The van der Waals surface area contributed by atoms with Crippen LogP contribution in [-0.2, 0) is 18.0 Å². The van der Waals surface area contributed by atoms with Crippen molar-refractivity contribution in [2.45, 2.75) is 32.4 Å². The minimum absolute atomic E-state index is 0.176. The van der Waals surface area contributed by atoms with E-state index in [1.807, 2.05) is 6.92 Å². The molecule has 0 spiro atoms. The molecule has 0 aliphatic heterocycles. The summed E-state index contributed by atoms with van der Waals surface area (Å²) in [4.78, 5) is 12.1. The van der Waals surface area contributed by atoms with Crippen molar-refractivity contribution in [3.05, 3.63) is 47.2 Å². The molecule has 124 valence electrons. The lowest BCUT2D eigenvalue weighted by atomic mass is 9.96. The van der Waals surface area contributed by atoms with Crippen LogP contribution in [0.2, 0.25) is 0 Å². The van der Waals surface area contributed by atoms with Gasteiger partial charge < -0.3 is 5.32 Å². The molecule has 1 N–H and O–H groups in total. The van der Waals surface area contributed by atoms with Gasteiger partial charge in [-0.2, -0.15) is 18.3 Å². The number of hydrogen-bond donors (Lipinski definition) is 1. The largest absolute Gasteiger partial charge is 0.416 e. The number of alkyl halides is 3. The van der Waals surface area contributed by atoms with E-state index in [9.17, 15) is 18.0 Å². The fourth-order valence-corrected chi connectivity index (χ4v) is 2.32. The Bertz CT molecular complexity index is 690. The maximum Gasteiger partial charge on any atom is 0.416 e. The summed E-state index contributed by atoms with van der Waals surface area (Å²) in [5.41, 5.74) is 0.788. The van der Waals surface area contributed by atoms with Crippen molar-refractivity contribution < 1.29 is 18.0 Å². The van der Waals surface area contributed by atoms with Crippen molar-refractivity contribution >= 4 is 11.7 Å². The van der Waals surface area contributed by atoms with E-state index in [-0.39, 0.29) is 18.2 Å². The topological polar surface area (TPSA) is 46.9 Å². The zero-order chi connectivity index (χ0) is 17.2. The van der Waals surface area contributed by atoms with Crippen LogP contribution in [0.1, 0.15) is 36.1 Å². The zero-order valence-electron chi connectivity index (χ0n) is 13.1. The molecule has 1 unspecified atom stereocenters. The SMILES string of the molecule is Cc1cc(NC(=O)CC(C)c2ccc(C(F)(F)F)cc2)n(C)n1. The maximum atomic E-state index is 12.5. The lowest BCUT2D eigenvalue weighted by Gasteiger charge is -2.13. The Morgan fingerprint density at radius 2 is 1.91 bits per heavy atom. The molecule has 2 rings (SSSR count). The number of anilines is 1. The van der Waals surface area contributed by atoms with Gasteiger partial charge in [0.25, 0.3) is 0 Å². The molecule has 2 aromatic rings. The molecule has 1 aromatic heterocycles. The van der Waals surface area contributed by atoms with Gasteiger partial charge in [-0.05, 0) is 30.5 Å². The van der Waals surface area contributed by atoms with E-state index in [1.165, 1.54) is 12.1 Å². The highest BCUT2D eigenvalue weighted by Crippen LogP contribution is 2.30. The monoisotopic (exact) mass is 325 g/mol. The van der Waals surface area contributed by atoms with Crippen LogP contribution in [0.5, 0.6) is 0 Å². The molecule has 0 fully saturated rings. The van der Waals surface area contributed by atoms with Crippen LogP contribution in [0, 0.1) is 6.92 Å². The fraction of sp³-hybridized carbons (Fsp3) is 0.375. The number of benzene rings is 1. The first-order valence-corrected chi connectivity index (χ1v) is 7.14. The van der Waals surface area contributed by atoms with Crippen molar-refractivity contribution in [2.24, 2.45) is 7.05 Å². The first-order valence-electron chi connectivity index (χ1n) is 7.14. The summed E-state index contributed by atoms with van der Waals surface area (Å²) in [7, 11) is 1.72. The second-order valence-electron chi connectivity index (χ2n) is 5.57. The molecular weight excluding hydrogens is 307 g/mol. The van der Waals surface area contributed by atoms with Crippen LogP contribution >= 0.6 is 0 Å². The Morgan fingerprint density at radius 3 is 2.39 bits per heavy atom. The van der Waals surface area contributed by atoms with E-state index in [0.717, 1.165) is 17.8 Å². The van der Waals surface area contributed by atoms with Crippen LogP contribution in [0.4, 0.5) is 19.0 Å². The van der Waals surface area contributed by atoms with Crippen molar-refractivity contribution in [3.63, 3.8) is 0 Å². The quantitative estimate of drug-likeness (QED) is 0.927. The number of halogens is 3. The summed E-state index contributed by atoms with van der Waals surface area (Å²) < 4.78 is 39.2. The van der Waals surface area contributed by atoms with Gasteiger partial charge in [0, 0.05) is 19.5 Å². The third-order valence-electron chi connectivity index (χ3n) is 3.57. The summed E-state index contributed by atoms with van der Waals surface area (Å²) in [6.07, 6.45) is -4.17. The average molecular weight is 325 g/mol. The smallest absolute Gasteiger partial charge is 0.311 e. The molecule has 0 saturated heterocycles. The molecule has 0 aliphatic rings. The van der Waals surface area contributed by atoms with Gasteiger partial charge in [-0.1, -0.05) is 19.1 Å². The predicted molar refractivity (Wildman–Crippen MR) is 81.1 cm³/mol. The highest BCUT2D eigenvalue weighted by Gasteiger charge is 2.30. The first kappa shape index (κ1) is 17.1. The minimum Gasteiger partial charge on any atom is -0.311 e. The summed E-state index contributed by atoms with van der Waals surface area (Å²) in [5, 5.41) is 6.88. The number of hydrogen-bond acceptors (Lipinski definition) is 2. The van der Waals surface area contributed by atoms with E-state index in [1.54, 1.807) is 24.7 Å². The number of nitrogens with one attached hydrogen (secondary N) is 1. The van der Waals surface area contributed by atoms with Crippen LogP contribution < -0.4 is 5.32 Å². The highest BCUT2D eigenvalue weighted by atomic mass is 19.4. The Balaban J connectivity index is 1.99. The van der Waals surface area contributed by atoms with Gasteiger partial charge in [0.15, 0.2) is 0 Å². The summed E-state index contributed by atoms with van der Waals surface area (Å²) in [5.74, 6) is 0.194. The van der Waals surface area contributed by atoms with Crippen molar-refractivity contribution in [1.82, 2.24) is 9.78 Å². The summed E-state index contributed by atoms with van der Waals surface area (Å²) >= 11 is 0. The molecule has 0 aliphatic carbocycles. The number of aryl methyl sites for hydroxylation is 2. The van der Waals surface area contributed by atoms with Gasteiger partial charge in [0.05, 0.1) is 11.3 Å². The van der Waals surface area contributed by atoms with Crippen LogP contribution in [-0.4, -0.2) is 15.7 Å². The molecule has 0 bridgehead atoms. The molecule has 1 heterocycles. The molecule has 7 heteroatoms. The third-order valence-corrected chi connectivity index (χ3v) is 3.57. The molecule has 4 nitrogen and oxygen atoms in total. The van der Waals surface area contributed by atoms with E-state index < -0.39 is 11.7 Å². The highest BCUT2D eigenvalue weighted by molar-refractivity contribution is 5.90. The molecule has 0 saturated carbocycles. The van der Waals surface area contributed by atoms with E-state index in [2.05, 4.69) is 10.4 Å². The second kappa shape index (κ2) is 6.44. The van der Waals surface area contributed by atoms with Gasteiger partial charge >= 0.3 is 6.18 Å². The average Bonchev–Trinajstić information content (AvgIpc) is 2.75. The van der Waals surface area contributed by atoms with E-state index in [4.69, 9.17) is 0 Å². The van der Waals surface area contributed by atoms with E-state index >= 15 is 0 Å². The third kappa shape index (κ3) is 4.34. The Morgan fingerprint density at radius 1 is 1.30 bits per heavy atom. The Hall–Kier alpha value is -2.31. The van der Waals surface area contributed by atoms with Gasteiger partial charge in [0.1, 0.15) is 5.82 Å². The number of nitrogens with zero attached hydrogens (tertiary/aromatic N) is 2. The minimum atomic E-state index is -4.35. The number of amides is 1. The van der Waals surface area contributed by atoms with Crippen LogP contribution in [0.3, 0.4) is 0 Å². The van der Waals surface area contributed by atoms with Gasteiger partial charge in [-0.25, -0.2) is 0 Å². The van der Waals surface area contributed by atoms with Crippen LogP contribution in [0.25, 0.3) is 0 Å². The summed E-state index contributed by atoms with van der Waals surface area (Å²) in [6, 6.07) is 6.65. The predicted octanol–water partition coefficient (Wildman–Crippen LogP) is 3.88. The van der Waals surface area contributed by atoms with Gasteiger partial charge in [-0.15, -0.1) is 0 Å². The van der Waals surface area contributed by atoms with Gasteiger partial charge in [0.2, 0.25) is 5.91 Å². The first-order chi connectivity index (χ1) is 10.7. The number of carbonyl (C=O) groups is 1. The Kier molecular flexibility index (Phi) is 4.77. The lowest BCUT2D eigenvalue weighted by molar-refractivity contribution is -0.137. The van der Waals surface area contributed by atoms with Crippen LogP contribution in [0.15, 0.2) is 30.3 Å². The zero-order valence-corrected chi connectivity index (χ0v) is 13.1. The normalized spacial score (nSPS) is 13.0. The Labute approximate surface area is 132 Å². The lowest BCUT2D eigenvalue weighted by Crippen LogP contribution is -2.16. The van der Waals surface area contributed by atoms with Gasteiger partial charge in [-0.3, -0.25) is 9.48 Å². The molecule has 1 amide bonds. The fourth-order valence-electron chi connectivity index (χ4n) is 2.32. The van der Waals surface area contributed by atoms with Crippen molar-refractivity contribution in [3.8, 4) is 0 Å². The van der Waals surface area contributed by atoms with E-state index in [0.29, 0.717) is 11.4 Å². The number of aromatic nitrogens is 2. The molecule has 23 heavy (non-hydrogen) atoms.